The van der Waals surface area contributed by atoms with Crippen LogP contribution < -0.4 is 10.9 Å². The average molecular weight is 293 g/mol. The molecular weight excluding hydrogens is 270 g/mol. The number of aromatic nitrogens is 2. The first kappa shape index (κ1) is 15.2. The molecule has 5 heteroatoms. The van der Waals surface area contributed by atoms with Crippen LogP contribution in [0.25, 0.3) is 10.2 Å². The Hall–Kier alpha value is -1.20. The lowest BCUT2D eigenvalue weighted by Gasteiger charge is -2.12. The van der Waals surface area contributed by atoms with Crippen molar-refractivity contribution >= 4 is 21.6 Å². The first-order valence-corrected chi connectivity index (χ1v) is 8.06. The van der Waals surface area contributed by atoms with Crippen LogP contribution in [0.3, 0.4) is 0 Å². The molecule has 2 rings (SSSR count). The van der Waals surface area contributed by atoms with Crippen molar-refractivity contribution in [2.24, 2.45) is 0 Å². The van der Waals surface area contributed by atoms with E-state index in [1.54, 1.807) is 11.3 Å². The van der Waals surface area contributed by atoms with Crippen LogP contribution in [-0.2, 0) is 6.54 Å². The molecule has 0 aromatic carbocycles. The second kappa shape index (κ2) is 6.50. The Morgan fingerprint density at radius 1 is 1.40 bits per heavy atom. The number of unbranched alkanes of at least 4 members (excludes halogenated alkanes) is 1. The molecule has 110 valence electrons. The molecule has 2 N–H and O–H groups in total. The average Bonchev–Trinajstić information content (AvgIpc) is 2.69. The van der Waals surface area contributed by atoms with Gasteiger partial charge in [0, 0.05) is 10.9 Å². The first-order chi connectivity index (χ1) is 9.52. The molecule has 0 aliphatic rings. The molecule has 0 bridgehead atoms. The van der Waals surface area contributed by atoms with Crippen LogP contribution in [0, 0.1) is 13.8 Å². The number of hydrogen-bond donors (Lipinski definition) is 2. The van der Waals surface area contributed by atoms with Crippen molar-refractivity contribution in [1.82, 2.24) is 15.3 Å². The van der Waals surface area contributed by atoms with Crippen molar-refractivity contribution < 1.29 is 0 Å². The van der Waals surface area contributed by atoms with E-state index in [-0.39, 0.29) is 5.56 Å². The summed E-state index contributed by atoms with van der Waals surface area (Å²) in [6, 6.07) is 0.447. The van der Waals surface area contributed by atoms with E-state index >= 15 is 0 Å². The smallest absolute Gasteiger partial charge is 0.259 e. The molecule has 0 spiro atoms. The number of fused-ring (bicyclic) bond motifs is 1. The number of aryl methyl sites for hydroxylation is 2. The molecule has 0 aliphatic carbocycles. The molecule has 2 heterocycles. The quantitative estimate of drug-likeness (QED) is 0.859. The van der Waals surface area contributed by atoms with E-state index < -0.39 is 0 Å². The molecule has 0 fully saturated rings. The highest BCUT2D eigenvalue weighted by Gasteiger charge is 2.12. The van der Waals surface area contributed by atoms with Crippen LogP contribution in [0.15, 0.2) is 4.79 Å². The van der Waals surface area contributed by atoms with Crippen LogP contribution >= 0.6 is 11.3 Å². The van der Waals surface area contributed by atoms with Gasteiger partial charge in [-0.05, 0) is 32.8 Å². The summed E-state index contributed by atoms with van der Waals surface area (Å²) in [6.45, 7) is 9.00. The van der Waals surface area contributed by atoms with Gasteiger partial charge in [-0.15, -0.1) is 11.3 Å². The monoisotopic (exact) mass is 293 g/mol. The van der Waals surface area contributed by atoms with Crippen molar-refractivity contribution in [2.75, 3.05) is 0 Å². The molecule has 4 nitrogen and oxygen atoms in total. The molecular formula is C15H23N3OS. The van der Waals surface area contributed by atoms with Gasteiger partial charge in [0.1, 0.15) is 10.7 Å². The van der Waals surface area contributed by atoms with Crippen LogP contribution in [0.2, 0.25) is 0 Å². The van der Waals surface area contributed by atoms with Gasteiger partial charge in [0.05, 0.1) is 11.9 Å². The minimum Gasteiger partial charge on any atom is -0.309 e. The summed E-state index contributed by atoms with van der Waals surface area (Å²) >= 11 is 1.60. The fourth-order valence-corrected chi connectivity index (χ4v) is 3.32. The molecule has 1 atom stereocenters. The zero-order valence-corrected chi connectivity index (χ0v) is 13.5. The van der Waals surface area contributed by atoms with Gasteiger partial charge in [-0.1, -0.05) is 19.8 Å². The van der Waals surface area contributed by atoms with Gasteiger partial charge in [-0.2, -0.15) is 0 Å². The van der Waals surface area contributed by atoms with Gasteiger partial charge < -0.3 is 10.3 Å². The summed E-state index contributed by atoms with van der Waals surface area (Å²) in [4.78, 5) is 21.6. The second-order valence-electron chi connectivity index (χ2n) is 5.40. The Kier molecular flexibility index (Phi) is 4.94. The molecule has 0 amide bonds. The van der Waals surface area contributed by atoms with Gasteiger partial charge in [0.25, 0.3) is 5.56 Å². The maximum absolute atomic E-state index is 12.1. The summed E-state index contributed by atoms with van der Waals surface area (Å²) in [5.74, 6) is 0.729. The Balaban J connectivity index is 2.14. The van der Waals surface area contributed by atoms with Gasteiger partial charge in [-0.3, -0.25) is 4.79 Å². The second-order valence-corrected chi connectivity index (χ2v) is 6.60. The standard InChI is InChI=1S/C15H23N3OS/c1-5-6-7-9(2)16-8-12-17-14(19)13-10(3)11(4)20-15(13)18-12/h9,16H,5-8H2,1-4H3,(H,17,18,19). The number of nitrogens with one attached hydrogen (secondary N) is 2. The van der Waals surface area contributed by atoms with E-state index in [1.165, 1.54) is 17.7 Å². The van der Waals surface area contributed by atoms with Crippen LogP contribution in [0.1, 0.15) is 49.4 Å². The predicted octanol–water partition coefficient (Wildman–Crippen LogP) is 3.27. The van der Waals surface area contributed by atoms with Crippen molar-refractivity contribution in [3.8, 4) is 0 Å². The van der Waals surface area contributed by atoms with E-state index in [1.807, 2.05) is 13.8 Å². The lowest BCUT2D eigenvalue weighted by molar-refractivity contribution is 0.487. The topological polar surface area (TPSA) is 57.8 Å². The number of nitrogens with zero attached hydrogens (tertiary/aromatic N) is 1. The molecule has 20 heavy (non-hydrogen) atoms. The number of rotatable bonds is 6. The Morgan fingerprint density at radius 2 is 2.15 bits per heavy atom. The van der Waals surface area contributed by atoms with E-state index in [4.69, 9.17) is 0 Å². The van der Waals surface area contributed by atoms with Crippen LogP contribution in [0.5, 0.6) is 0 Å². The third-order valence-electron chi connectivity index (χ3n) is 3.70. The molecule has 2 aromatic rings. The van der Waals surface area contributed by atoms with Gasteiger partial charge >= 0.3 is 0 Å². The maximum Gasteiger partial charge on any atom is 0.259 e. The number of H-pyrrole nitrogens is 1. The highest BCUT2D eigenvalue weighted by atomic mass is 32.1. The first-order valence-electron chi connectivity index (χ1n) is 7.25. The fourth-order valence-electron chi connectivity index (χ4n) is 2.27. The highest BCUT2D eigenvalue weighted by Crippen LogP contribution is 2.25. The van der Waals surface area contributed by atoms with Crippen molar-refractivity contribution in [1.29, 1.82) is 0 Å². The van der Waals surface area contributed by atoms with Gasteiger partial charge in [0.2, 0.25) is 0 Å². The minimum atomic E-state index is -0.0186. The summed E-state index contributed by atoms with van der Waals surface area (Å²) in [5, 5.41) is 4.16. The lowest BCUT2D eigenvalue weighted by Crippen LogP contribution is -2.27. The third kappa shape index (κ3) is 3.27. The summed E-state index contributed by atoms with van der Waals surface area (Å²) < 4.78 is 0. The molecule has 0 aliphatic heterocycles. The number of thiophene rings is 1. The normalized spacial score (nSPS) is 13.0. The summed E-state index contributed by atoms with van der Waals surface area (Å²) in [7, 11) is 0. The van der Waals surface area contributed by atoms with Gasteiger partial charge in [-0.25, -0.2) is 4.98 Å². The van der Waals surface area contributed by atoms with E-state index in [0.717, 1.165) is 28.0 Å². The van der Waals surface area contributed by atoms with Crippen molar-refractivity contribution in [2.45, 2.75) is 59.5 Å². The summed E-state index contributed by atoms with van der Waals surface area (Å²) in [6.07, 6.45) is 3.58. The lowest BCUT2D eigenvalue weighted by atomic mass is 10.1. The maximum atomic E-state index is 12.1. The number of hydrogen-bond acceptors (Lipinski definition) is 4. The molecule has 1 unspecified atom stereocenters. The van der Waals surface area contributed by atoms with E-state index in [2.05, 4.69) is 29.1 Å². The molecule has 2 aromatic heterocycles. The molecule has 0 saturated carbocycles. The zero-order chi connectivity index (χ0) is 14.7. The van der Waals surface area contributed by atoms with Crippen LogP contribution in [0.4, 0.5) is 0 Å². The minimum absolute atomic E-state index is 0.0186. The Labute approximate surface area is 123 Å². The summed E-state index contributed by atoms with van der Waals surface area (Å²) in [5.41, 5.74) is 1.03. The van der Waals surface area contributed by atoms with Crippen LogP contribution in [-0.4, -0.2) is 16.0 Å². The SMILES string of the molecule is CCCCC(C)NCc1nc2sc(C)c(C)c2c(=O)[nH]1. The van der Waals surface area contributed by atoms with Gasteiger partial charge in [0.15, 0.2) is 0 Å². The largest absolute Gasteiger partial charge is 0.309 e. The van der Waals surface area contributed by atoms with Crippen molar-refractivity contribution in [3.05, 3.63) is 26.6 Å². The van der Waals surface area contributed by atoms with Crippen molar-refractivity contribution in [3.63, 3.8) is 0 Å². The Bertz CT molecular complexity index is 644. The third-order valence-corrected chi connectivity index (χ3v) is 4.80. The molecule has 0 radical (unpaired) electrons. The number of aromatic amines is 1. The zero-order valence-electron chi connectivity index (χ0n) is 12.7. The fraction of sp³-hybridized carbons (Fsp3) is 0.600. The predicted molar refractivity (Wildman–Crippen MR) is 85.5 cm³/mol. The van der Waals surface area contributed by atoms with E-state index in [9.17, 15) is 4.79 Å². The van der Waals surface area contributed by atoms with E-state index in [0.29, 0.717) is 12.6 Å². The highest BCUT2D eigenvalue weighted by molar-refractivity contribution is 7.18. The Morgan fingerprint density at radius 3 is 2.85 bits per heavy atom. The molecule has 0 saturated heterocycles.